The van der Waals surface area contributed by atoms with Crippen molar-refractivity contribution in [1.82, 2.24) is 4.90 Å². The summed E-state index contributed by atoms with van der Waals surface area (Å²) in [6.07, 6.45) is 7.43. The SMILES string of the molecule is CC(=O)N1C(=O)C(C)C(CC(C)OC2CC3CC2C2CCCC32)C1=O. The Kier molecular flexibility index (Phi) is 4.25. The molecule has 0 aromatic rings. The van der Waals surface area contributed by atoms with Gasteiger partial charge in [0.1, 0.15) is 0 Å². The van der Waals surface area contributed by atoms with Crippen LogP contribution in [0.2, 0.25) is 0 Å². The second-order valence-corrected chi connectivity index (χ2v) is 8.80. The summed E-state index contributed by atoms with van der Waals surface area (Å²) >= 11 is 0. The highest BCUT2D eigenvalue weighted by molar-refractivity contribution is 6.16. The molecular weight excluding hydrogens is 318 g/mol. The first kappa shape index (κ1) is 17.2. The summed E-state index contributed by atoms with van der Waals surface area (Å²) in [6.45, 7) is 5.04. The lowest BCUT2D eigenvalue weighted by Gasteiger charge is -2.33. The number of rotatable bonds is 4. The number of hydrogen-bond donors (Lipinski definition) is 0. The summed E-state index contributed by atoms with van der Waals surface area (Å²) in [5.74, 6) is 1.32. The van der Waals surface area contributed by atoms with Crippen LogP contribution in [-0.2, 0) is 19.1 Å². The van der Waals surface area contributed by atoms with Gasteiger partial charge in [-0.3, -0.25) is 14.4 Å². The molecule has 25 heavy (non-hydrogen) atoms. The zero-order valence-electron chi connectivity index (χ0n) is 15.4. The maximum atomic E-state index is 12.4. The molecule has 1 heterocycles. The Labute approximate surface area is 149 Å². The predicted octanol–water partition coefficient (Wildman–Crippen LogP) is 2.77. The fourth-order valence-electron chi connectivity index (χ4n) is 6.35. The minimum Gasteiger partial charge on any atom is -0.375 e. The maximum absolute atomic E-state index is 12.4. The molecule has 0 radical (unpaired) electrons. The van der Waals surface area contributed by atoms with Gasteiger partial charge in [-0.2, -0.15) is 0 Å². The van der Waals surface area contributed by atoms with Crippen LogP contribution in [0.25, 0.3) is 0 Å². The highest BCUT2D eigenvalue weighted by Gasteiger charge is 2.55. The van der Waals surface area contributed by atoms with E-state index < -0.39 is 17.7 Å². The monoisotopic (exact) mass is 347 g/mol. The van der Waals surface area contributed by atoms with Gasteiger partial charge >= 0.3 is 0 Å². The van der Waals surface area contributed by atoms with Crippen molar-refractivity contribution in [3.63, 3.8) is 0 Å². The number of ether oxygens (including phenoxy) is 1. The third-order valence-corrected chi connectivity index (χ3v) is 7.43. The Morgan fingerprint density at radius 3 is 2.56 bits per heavy atom. The molecule has 0 N–H and O–H groups in total. The number of imide groups is 3. The summed E-state index contributed by atoms with van der Waals surface area (Å²) < 4.78 is 6.38. The van der Waals surface area contributed by atoms with E-state index in [0.717, 1.165) is 22.7 Å². The molecule has 2 bridgehead atoms. The number of likely N-dealkylation sites (tertiary alicyclic amines) is 1. The largest absolute Gasteiger partial charge is 0.375 e. The molecule has 3 amide bonds. The van der Waals surface area contributed by atoms with Crippen molar-refractivity contribution in [3.8, 4) is 0 Å². The minimum atomic E-state index is -0.474. The highest BCUT2D eigenvalue weighted by atomic mass is 16.5. The first-order valence-electron chi connectivity index (χ1n) is 9.92. The van der Waals surface area contributed by atoms with Crippen molar-refractivity contribution >= 4 is 17.7 Å². The molecule has 0 aromatic heterocycles. The van der Waals surface area contributed by atoms with Gasteiger partial charge in [-0.25, -0.2) is 4.90 Å². The summed E-state index contributed by atoms with van der Waals surface area (Å²) in [6, 6.07) is 0. The Balaban J connectivity index is 1.37. The third-order valence-electron chi connectivity index (χ3n) is 7.43. The molecule has 4 aliphatic rings. The molecule has 1 saturated heterocycles. The van der Waals surface area contributed by atoms with Crippen LogP contribution in [0.1, 0.15) is 59.3 Å². The smallest absolute Gasteiger partial charge is 0.240 e. The van der Waals surface area contributed by atoms with Gasteiger partial charge in [0, 0.05) is 12.8 Å². The molecule has 5 heteroatoms. The molecule has 1 aliphatic heterocycles. The fourth-order valence-corrected chi connectivity index (χ4v) is 6.35. The van der Waals surface area contributed by atoms with Crippen molar-refractivity contribution in [1.29, 1.82) is 0 Å². The zero-order valence-corrected chi connectivity index (χ0v) is 15.4. The normalized spacial score (nSPS) is 43.8. The molecule has 0 spiro atoms. The van der Waals surface area contributed by atoms with Gasteiger partial charge in [-0.15, -0.1) is 0 Å². The van der Waals surface area contributed by atoms with Crippen LogP contribution in [0.4, 0.5) is 0 Å². The standard InChI is InChI=1S/C20H29NO4/c1-10(7-16-11(2)19(23)21(12(3)22)20(16)24)25-18-9-13-8-17(18)15-6-4-5-14(13)15/h10-11,13-18H,4-9H2,1-3H3. The van der Waals surface area contributed by atoms with Crippen LogP contribution in [0.3, 0.4) is 0 Å². The molecule has 3 aliphatic carbocycles. The van der Waals surface area contributed by atoms with Crippen LogP contribution < -0.4 is 0 Å². The summed E-state index contributed by atoms with van der Waals surface area (Å²) in [7, 11) is 0. The highest BCUT2D eigenvalue weighted by Crippen LogP contribution is 2.59. The van der Waals surface area contributed by atoms with E-state index in [1.54, 1.807) is 6.92 Å². The average Bonchev–Trinajstić information content (AvgIpc) is 3.26. The van der Waals surface area contributed by atoms with Gasteiger partial charge in [0.05, 0.1) is 18.1 Å². The number of hydrogen-bond acceptors (Lipinski definition) is 4. The van der Waals surface area contributed by atoms with E-state index in [1.165, 1.54) is 39.0 Å². The third kappa shape index (κ3) is 2.66. The summed E-state index contributed by atoms with van der Waals surface area (Å²) in [4.78, 5) is 37.0. The maximum Gasteiger partial charge on any atom is 0.240 e. The number of carbonyl (C=O) groups is 3. The molecule has 0 aromatic carbocycles. The van der Waals surface area contributed by atoms with E-state index in [-0.39, 0.29) is 17.9 Å². The minimum absolute atomic E-state index is 0.0553. The number of amides is 3. The van der Waals surface area contributed by atoms with Crippen LogP contribution in [0.5, 0.6) is 0 Å². The lowest BCUT2D eigenvalue weighted by atomic mass is 9.80. The topological polar surface area (TPSA) is 63.7 Å². The van der Waals surface area contributed by atoms with Crippen LogP contribution in [0, 0.1) is 35.5 Å². The van der Waals surface area contributed by atoms with Crippen molar-refractivity contribution in [2.45, 2.75) is 71.5 Å². The molecule has 5 nitrogen and oxygen atoms in total. The number of carbonyl (C=O) groups excluding carboxylic acids is 3. The number of fused-ring (bicyclic) bond motifs is 5. The van der Waals surface area contributed by atoms with Gasteiger partial charge in [0.2, 0.25) is 17.7 Å². The van der Waals surface area contributed by atoms with Gasteiger partial charge in [-0.1, -0.05) is 13.3 Å². The lowest BCUT2D eigenvalue weighted by Crippen LogP contribution is -2.36. The quantitative estimate of drug-likeness (QED) is 0.734. The van der Waals surface area contributed by atoms with E-state index >= 15 is 0 Å². The van der Waals surface area contributed by atoms with Crippen molar-refractivity contribution in [2.24, 2.45) is 35.5 Å². The van der Waals surface area contributed by atoms with Crippen molar-refractivity contribution in [3.05, 3.63) is 0 Å². The molecule has 3 saturated carbocycles. The van der Waals surface area contributed by atoms with Crippen molar-refractivity contribution in [2.75, 3.05) is 0 Å². The average molecular weight is 347 g/mol. The molecule has 8 unspecified atom stereocenters. The van der Waals surface area contributed by atoms with Crippen LogP contribution in [0.15, 0.2) is 0 Å². The summed E-state index contributed by atoms with van der Waals surface area (Å²) in [5.41, 5.74) is 0. The van der Waals surface area contributed by atoms with Gasteiger partial charge in [0.15, 0.2) is 0 Å². The van der Waals surface area contributed by atoms with Crippen LogP contribution >= 0.6 is 0 Å². The van der Waals surface area contributed by atoms with Crippen molar-refractivity contribution < 1.29 is 19.1 Å². The molecule has 4 fully saturated rings. The molecule has 4 rings (SSSR count). The second-order valence-electron chi connectivity index (χ2n) is 8.80. The Morgan fingerprint density at radius 2 is 1.88 bits per heavy atom. The molecular formula is C20H29NO4. The molecule has 8 atom stereocenters. The van der Waals surface area contributed by atoms with Gasteiger partial charge in [-0.05, 0) is 62.7 Å². The predicted molar refractivity (Wildman–Crippen MR) is 91.2 cm³/mol. The second kappa shape index (κ2) is 6.19. The summed E-state index contributed by atoms with van der Waals surface area (Å²) in [5, 5.41) is 0. The van der Waals surface area contributed by atoms with E-state index in [4.69, 9.17) is 4.74 Å². The van der Waals surface area contributed by atoms with Gasteiger partial charge < -0.3 is 4.74 Å². The molecule has 138 valence electrons. The first-order valence-corrected chi connectivity index (χ1v) is 9.92. The van der Waals surface area contributed by atoms with E-state index in [1.807, 2.05) is 6.92 Å². The Hall–Kier alpha value is -1.23. The van der Waals surface area contributed by atoms with E-state index in [9.17, 15) is 14.4 Å². The zero-order chi connectivity index (χ0) is 17.9. The first-order chi connectivity index (χ1) is 11.9. The van der Waals surface area contributed by atoms with E-state index in [2.05, 4.69) is 0 Å². The van der Waals surface area contributed by atoms with Gasteiger partial charge in [0.25, 0.3) is 0 Å². The number of nitrogens with zero attached hydrogens (tertiary/aromatic N) is 1. The Bertz CT molecular complexity index is 603. The van der Waals surface area contributed by atoms with E-state index in [0.29, 0.717) is 18.4 Å². The lowest BCUT2D eigenvalue weighted by molar-refractivity contribution is -0.149. The fraction of sp³-hybridized carbons (Fsp3) is 0.850. The Morgan fingerprint density at radius 1 is 1.16 bits per heavy atom. The van der Waals surface area contributed by atoms with Crippen LogP contribution in [-0.4, -0.2) is 34.8 Å².